The molecule has 0 saturated carbocycles. The van der Waals surface area contributed by atoms with E-state index in [4.69, 9.17) is 0 Å². The van der Waals surface area contributed by atoms with E-state index >= 15 is 0 Å². The maximum absolute atomic E-state index is 3.47. The Labute approximate surface area is 101 Å². The number of fused-ring (bicyclic) bond motifs is 1. The topological polar surface area (TPSA) is 12.0 Å². The Kier molecular flexibility index (Phi) is 6.38. The molecule has 0 radical (unpaired) electrons. The molecule has 2 unspecified atom stereocenters. The van der Waals surface area contributed by atoms with Crippen LogP contribution in [0.4, 0.5) is 0 Å². The summed E-state index contributed by atoms with van der Waals surface area (Å²) in [6.45, 7) is 0. The molecule has 1 fully saturated rings. The Morgan fingerprint density at radius 1 is 1.50 bits per heavy atom. The van der Waals surface area contributed by atoms with Crippen LogP contribution in [0.1, 0.15) is 6.42 Å². The summed E-state index contributed by atoms with van der Waals surface area (Å²) in [6, 6.07) is 0. The molecule has 0 amide bonds. The quantitative estimate of drug-likeness (QED) is 0.678. The summed E-state index contributed by atoms with van der Waals surface area (Å²) >= 11 is 1.75. The van der Waals surface area contributed by atoms with Crippen LogP contribution in [0.25, 0.3) is 0 Å². The van der Waals surface area contributed by atoms with Crippen LogP contribution in [0.2, 0.25) is 0 Å². The minimum atomic E-state index is 0. The Balaban J connectivity index is 0.000000605. The molecule has 12 heavy (non-hydrogen) atoms. The summed E-state index contributed by atoms with van der Waals surface area (Å²) in [4.78, 5) is 0. The van der Waals surface area contributed by atoms with Crippen LogP contribution < -0.4 is 5.32 Å². The van der Waals surface area contributed by atoms with Gasteiger partial charge in [-0.1, -0.05) is 0 Å². The fourth-order valence-electron chi connectivity index (χ4n) is 1.38. The van der Waals surface area contributed by atoms with Gasteiger partial charge in [-0.2, -0.15) is 0 Å². The van der Waals surface area contributed by atoms with Gasteiger partial charge < -0.3 is 0 Å². The SMILES string of the molecule is Cl.Cl.[Zr][P]1CNC2=CC=CCC21. The second-order valence-corrected chi connectivity index (χ2v) is 8.72. The van der Waals surface area contributed by atoms with Gasteiger partial charge in [-0.15, -0.1) is 24.8 Å². The van der Waals surface area contributed by atoms with Gasteiger partial charge in [0.05, 0.1) is 0 Å². The van der Waals surface area contributed by atoms with Crippen LogP contribution in [-0.2, 0) is 24.1 Å². The molecule has 1 saturated heterocycles. The van der Waals surface area contributed by atoms with Crippen LogP contribution in [0, 0.1) is 0 Å². The van der Waals surface area contributed by atoms with Crippen molar-refractivity contribution in [2.24, 2.45) is 0 Å². The molecular formula is C7H11Cl2NPZr. The van der Waals surface area contributed by atoms with Gasteiger partial charge in [-0.25, -0.2) is 0 Å². The molecule has 0 spiro atoms. The number of allylic oxidation sites excluding steroid dienone is 4. The molecule has 0 bridgehead atoms. The predicted octanol–water partition coefficient (Wildman–Crippen LogP) is 2.55. The van der Waals surface area contributed by atoms with E-state index in [1.165, 1.54) is 18.4 Å². The normalized spacial score (nSPS) is 30.4. The van der Waals surface area contributed by atoms with E-state index in [2.05, 4.69) is 23.5 Å². The number of halogens is 2. The number of nitrogens with one attached hydrogen (secondary N) is 1. The first kappa shape index (κ1) is 13.2. The van der Waals surface area contributed by atoms with Gasteiger partial charge >= 0.3 is 77.0 Å². The van der Waals surface area contributed by atoms with Crippen molar-refractivity contribution in [3.05, 3.63) is 23.9 Å². The molecule has 1 aliphatic heterocycles. The van der Waals surface area contributed by atoms with Crippen molar-refractivity contribution in [3.8, 4) is 0 Å². The zero-order valence-electron chi connectivity index (χ0n) is 6.49. The molecule has 2 atom stereocenters. The van der Waals surface area contributed by atoms with Crippen molar-refractivity contribution >= 4 is 30.0 Å². The van der Waals surface area contributed by atoms with E-state index in [-0.39, 0.29) is 24.8 Å². The fourth-order valence-corrected chi connectivity index (χ4v) is 5.22. The average Bonchev–Trinajstić information content (AvgIpc) is 2.34. The molecule has 1 aliphatic carbocycles. The third kappa shape index (κ3) is 2.58. The van der Waals surface area contributed by atoms with Crippen LogP contribution in [0.15, 0.2) is 23.9 Å². The minimum absolute atomic E-state index is 0. The van der Waals surface area contributed by atoms with Crippen molar-refractivity contribution in [2.75, 3.05) is 6.29 Å². The Bertz CT molecular complexity index is 208. The summed E-state index contributed by atoms with van der Waals surface area (Å²) in [5.41, 5.74) is 2.41. The molecule has 2 aliphatic rings. The number of rotatable bonds is 0. The third-order valence-corrected chi connectivity index (χ3v) is 7.16. The standard InChI is InChI=1S/C7H9NP.2ClH.Zr/c1-2-4-7-6(3-1)8-5-9-7;;;/h1-3,7-8H,4-5H2;2*1H;/q-1;;;+1. The molecule has 1 nitrogen and oxygen atoms in total. The van der Waals surface area contributed by atoms with Crippen LogP contribution in [-0.4, -0.2) is 11.9 Å². The second kappa shape index (κ2) is 5.81. The molecule has 2 rings (SSSR count). The Morgan fingerprint density at radius 3 is 2.92 bits per heavy atom. The predicted molar refractivity (Wildman–Crippen MR) is 55.0 cm³/mol. The molecule has 0 aromatic heterocycles. The zero-order valence-corrected chi connectivity index (χ0v) is 11.5. The van der Waals surface area contributed by atoms with Crippen molar-refractivity contribution in [1.29, 1.82) is 0 Å². The molecular weight excluding hydrogens is 291 g/mol. The van der Waals surface area contributed by atoms with Crippen molar-refractivity contribution in [3.63, 3.8) is 0 Å². The van der Waals surface area contributed by atoms with E-state index in [1.54, 1.807) is 24.1 Å². The van der Waals surface area contributed by atoms with E-state index in [0.717, 1.165) is 5.66 Å². The van der Waals surface area contributed by atoms with Gasteiger partial charge in [-0.05, 0) is 0 Å². The van der Waals surface area contributed by atoms with E-state index < -0.39 is 0 Å². The Hall–Kier alpha value is 1.17. The first-order valence-electron chi connectivity index (χ1n) is 3.46. The Morgan fingerprint density at radius 2 is 2.25 bits per heavy atom. The van der Waals surface area contributed by atoms with Crippen LogP contribution in [0.5, 0.6) is 0 Å². The van der Waals surface area contributed by atoms with Crippen molar-refractivity contribution < 1.29 is 24.1 Å². The van der Waals surface area contributed by atoms with Gasteiger partial charge in [-0.3, -0.25) is 0 Å². The molecule has 1 heterocycles. The van der Waals surface area contributed by atoms with Gasteiger partial charge in [0.1, 0.15) is 0 Å². The van der Waals surface area contributed by atoms with Gasteiger partial charge in [0.15, 0.2) is 0 Å². The van der Waals surface area contributed by atoms with E-state index in [0.29, 0.717) is 5.21 Å². The molecule has 0 aromatic rings. The van der Waals surface area contributed by atoms with Gasteiger partial charge in [0.25, 0.3) is 0 Å². The monoisotopic (exact) mass is 300 g/mol. The van der Waals surface area contributed by atoms with Crippen molar-refractivity contribution in [2.45, 2.75) is 12.1 Å². The van der Waals surface area contributed by atoms with Crippen LogP contribution >= 0.6 is 30.0 Å². The second-order valence-electron chi connectivity index (χ2n) is 2.61. The number of hydrogen-bond donors (Lipinski definition) is 1. The zero-order chi connectivity index (χ0) is 6.97. The first-order chi connectivity index (χ1) is 4.88. The third-order valence-electron chi connectivity index (χ3n) is 1.96. The van der Waals surface area contributed by atoms with E-state index in [1.807, 2.05) is 0 Å². The summed E-state index contributed by atoms with van der Waals surface area (Å²) < 4.78 is 0. The maximum atomic E-state index is 3.47. The molecule has 0 aromatic carbocycles. The molecule has 5 heteroatoms. The summed E-state index contributed by atoms with van der Waals surface area (Å²) in [5.74, 6) is 0. The van der Waals surface area contributed by atoms with E-state index in [9.17, 15) is 0 Å². The summed E-state index contributed by atoms with van der Waals surface area (Å²) in [6.07, 6.45) is 9.26. The van der Waals surface area contributed by atoms with Gasteiger partial charge in [0.2, 0.25) is 0 Å². The summed E-state index contributed by atoms with van der Waals surface area (Å²) in [5, 5.41) is 3.81. The fraction of sp³-hybridized carbons (Fsp3) is 0.429. The van der Waals surface area contributed by atoms with Gasteiger partial charge in [0, 0.05) is 0 Å². The molecule has 67 valence electrons. The average molecular weight is 302 g/mol. The molecule has 1 N–H and O–H groups in total. The van der Waals surface area contributed by atoms with Crippen LogP contribution in [0.3, 0.4) is 0 Å². The van der Waals surface area contributed by atoms with Crippen molar-refractivity contribution in [1.82, 2.24) is 5.32 Å². The first-order valence-corrected chi connectivity index (χ1v) is 8.36. The number of hydrogen-bond acceptors (Lipinski definition) is 1. The summed E-state index contributed by atoms with van der Waals surface area (Å²) in [7, 11) is 0.